The van der Waals surface area contributed by atoms with E-state index < -0.39 is 54.5 Å². The molecule has 1 unspecified atom stereocenters. The zero-order chi connectivity index (χ0) is 30.0. The highest BCUT2D eigenvalue weighted by atomic mass is 19.4. The lowest BCUT2D eigenvalue weighted by Crippen LogP contribution is -2.49. The van der Waals surface area contributed by atoms with Crippen LogP contribution in [0.2, 0.25) is 0 Å². The average molecular weight is 593 g/mol. The summed E-state index contributed by atoms with van der Waals surface area (Å²) in [5, 5.41) is 11.6. The molecular weight excluding hydrogens is 556 g/mol. The van der Waals surface area contributed by atoms with Crippen molar-refractivity contribution in [3.63, 3.8) is 0 Å². The Labute approximate surface area is 241 Å². The standard InChI is InChI=1S/C29H36F4N6O3/c1-2-39-22(13-14-34-39)26(40)37-24(17-7-5-3-4-6-8-17)27(41)35-21-12-11-19(15-20(21)30)25(18-9-10-18)38-16-23(29(31,32)33)36-28(38)42/h11-15,17-18,23-25H,2-10,16H2,1H3,(H,35,41)(H,36,42)(H,37,40)/t23-,24-,25?/m0/s1. The highest BCUT2D eigenvalue weighted by molar-refractivity contribution is 6.00. The maximum atomic E-state index is 15.4. The number of rotatable bonds is 9. The molecule has 1 saturated heterocycles. The van der Waals surface area contributed by atoms with Crippen LogP contribution >= 0.6 is 0 Å². The summed E-state index contributed by atoms with van der Waals surface area (Å²) in [6.45, 7) is 1.78. The van der Waals surface area contributed by atoms with Crippen molar-refractivity contribution in [2.75, 3.05) is 11.9 Å². The van der Waals surface area contributed by atoms with E-state index in [9.17, 15) is 27.6 Å². The monoisotopic (exact) mass is 592 g/mol. The SMILES string of the molecule is CCn1nccc1C(=O)N[C@H](C(=O)Nc1ccc(C(C2CC2)N2C[C@@H](C(F)(F)F)NC2=O)cc1F)C1CCCCCC1. The van der Waals surface area contributed by atoms with Gasteiger partial charge in [0.05, 0.1) is 18.3 Å². The Morgan fingerprint density at radius 3 is 2.38 bits per heavy atom. The number of alkyl halides is 3. The molecule has 2 aromatic rings. The van der Waals surface area contributed by atoms with Gasteiger partial charge in [-0.15, -0.1) is 0 Å². The molecule has 0 bridgehead atoms. The third kappa shape index (κ3) is 6.54. The summed E-state index contributed by atoms with van der Waals surface area (Å²) < 4.78 is 56.8. The van der Waals surface area contributed by atoms with Gasteiger partial charge < -0.3 is 20.9 Å². The third-order valence-corrected chi connectivity index (χ3v) is 8.52. The van der Waals surface area contributed by atoms with Crippen molar-refractivity contribution in [1.82, 2.24) is 25.3 Å². The first-order chi connectivity index (χ1) is 20.1. The smallest absolute Gasteiger partial charge is 0.339 e. The van der Waals surface area contributed by atoms with Crippen LogP contribution in [-0.4, -0.2) is 57.3 Å². The van der Waals surface area contributed by atoms with Gasteiger partial charge in [0.25, 0.3) is 5.91 Å². The topological polar surface area (TPSA) is 108 Å². The van der Waals surface area contributed by atoms with E-state index in [4.69, 9.17) is 0 Å². The predicted molar refractivity (Wildman–Crippen MR) is 146 cm³/mol. The number of urea groups is 1. The van der Waals surface area contributed by atoms with Crippen molar-refractivity contribution in [3.8, 4) is 0 Å². The number of nitrogens with zero attached hydrogens (tertiary/aromatic N) is 3. The molecule has 3 N–H and O–H groups in total. The first-order valence-corrected chi connectivity index (χ1v) is 14.6. The van der Waals surface area contributed by atoms with Crippen molar-refractivity contribution in [2.24, 2.45) is 11.8 Å². The fourth-order valence-electron chi connectivity index (χ4n) is 6.16. The molecule has 3 fully saturated rings. The summed E-state index contributed by atoms with van der Waals surface area (Å²) in [5.41, 5.74) is 0.584. The number of carbonyl (C=O) groups is 3. The summed E-state index contributed by atoms with van der Waals surface area (Å²) in [4.78, 5) is 40.3. The summed E-state index contributed by atoms with van der Waals surface area (Å²) >= 11 is 0. The van der Waals surface area contributed by atoms with Gasteiger partial charge in [-0.05, 0) is 68.2 Å². The largest absolute Gasteiger partial charge is 0.410 e. The lowest BCUT2D eigenvalue weighted by atomic mass is 9.90. The number of carbonyl (C=O) groups excluding carboxylic acids is 3. The Morgan fingerprint density at radius 1 is 1.07 bits per heavy atom. The van der Waals surface area contributed by atoms with Crippen LogP contribution in [0.1, 0.15) is 80.4 Å². The molecule has 4 amide bonds. The van der Waals surface area contributed by atoms with Crippen LogP contribution in [0.25, 0.3) is 0 Å². The van der Waals surface area contributed by atoms with Crippen LogP contribution in [0.5, 0.6) is 0 Å². The van der Waals surface area contributed by atoms with E-state index in [-0.39, 0.29) is 17.5 Å². The molecule has 0 radical (unpaired) electrons. The molecule has 13 heteroatoms. The quantitative estimate of drug-likeness (QED) is 0.276. The molecule has 3 atom stereocenters. The number of amides is 4. The molecular formula is C29H36F4N6O3. The van der Waals surface area contributed by atoms with E-state index in [0.717, 1.165) is 43.4 Å². The zero-order valence-corrected chi connectivity index (χ0v) is 23.4. The van der Waals surface area contributed by atoms with Crippen molar-refractivity contribution in [2.45, 2.75) is 89.1 Å². The van der Waals surface area contributed by atoms with Crippen molar-refractivity contribution in [3.05, 3.63) is 47.5 Å². The van der Waals surface area contributed by atoms with Crippen molar-refractivity contribution < 1.29 is 31.9 Å². The number of aromatic nitrogens is 2. The number of halogens is 4. The molecule has 2 heterocycles. The molecule has 0 spiro atoms. The van der Waals surface area contributed by atoms with Gasteiger partial charge in [0.2, 0.25) is 5.91 Å². The molecule has 1 aliphatic heterocycles. The Hall–Kier alpha value is -3.64. The summed E-state index contributed by atoms with van der Waals surface area (Å²) in [6.07, 6.45) is 3.76. The number of benzene rings is 1. The minimum atomic E-state index is -4.59. The first-order valence-electron chi connectivity index (χ1n) is 14.6. The predicted octanol–water partition coefficient (Wildman–Crippen LogP) is 5.16. The van der Waals surface area contributed by atoms with E-state index in [2.05, 4.69) is 15.7 Å². The number of aryl methyl sites for hydroxylation is 1. The number of nitrogens with one attached hydrogen (secondary N) is 3. The number of anilines is 1. The Kier molecular flexibility index (Phi) is 8.74. The van der Waals surface area contributed by atoms with Crippen LogP contribution in [0.3, 0.4) is 0 Å². The Balaban J connectivity index is 1.34. The molecule has 1 aromatic carbocycles. The van der Waals surface area contributed by atoms with Crippen LogP contribution in [0, 0.1) is 17.7 Å². The van der Waals surface area contributed by atoms with Crippen LogP contribution in [0.15, 0.2) is 30.5 Å². The number of hydrogen-bond acceptors (Lipinski definition) is 4. The molecule has 5 rings (SSSR count). The number of hydrogen-bond donors (Lipinski definition) is 3. The van der Waals surface area contributed by atoms with E-state index in [0.29, 0.717) is 30.6 Å². The van der Waals surface area contributed by atoms with E-state index in [1.165, 1.54) is 29.1 Å². The van der Waals surface area contributed by atoms with Gasteiger partial charge in [-0.1, -0.05) is 31.7 Å². The van der Waals surface area contributed by atoms with Crippen LogP contribution in [-0.2, 0) is 11.3 Å². The van der Waals surface area contributed by atoms with Crippen molar-refractivity contribution >= 4 is 23.5 Å². The molecule has 42 heavy (non-hydrogen) atoms. The molecule has 2 saturated carbocycles. The van der Waals surface area contributed by atoms with Gasteiger partial charge in [-0.3, -0.25) is 14.3 Å². The second kappa shape index (κ2) is 12.3. The maximum Gasteiger partial charge on any atom is 0.410 e. The molecule has 2 aliphatic carbocycles. The normalized spacial score (nSPS) is 21.4. The summed E-state index contributed by atoms with van der Waals surface area (Å²) in [7, 11) is 0. The minimum absolute atomic E-state index is 0.0750. The van der Waals surface area contributed by atoms with Crippen molar-refractivity contribution in [1.29, 1.82) is 0 Å². The van der Waals surface area contributed by atoms with Gasteiger partial charge >= 0.3 is 12.2 Å². The second-order valence-corrected chi connectivity index (χ2v) is 11.4. The molecule has 9 nitrogen and oxygen atoms in total. The van der Waals surface area contributed by atoms with E-state index in [1.807, 2.05) is 12.2 Å². The maximum absolute atomic E-state index is 15.4. The van der Waals surface area contributed by atoms with Gasteiger partial charge in [0, 0.05) is 12.7 Å². The van der Waals surface area contributed by atoms with E-state index >= 15 is 4.39 Å². The summed E-state index contributed by atoms with van der Waals surface area (Å²) in [5.74, 6) is -1.97. The van der Waals surface area contributed by atoms with Gasteiger partial charge in [0.1, 0.15) is 23.6 Å². The lowest BCUT2D eigenvalue weighted by molar-refractivity contribution is -0.150. The van der Waals surface area contributed by atoms with Gasteiger partial charge in [0.15, 0.2) is 0 Å². The van der Waals surface area contributed by atoms with Gasteiger partial charge in [-0.2, -0.15) is 18.3 Å². The Morgan fingerprint density at radius 2 is 1.79 bits per heavy atom. The Bertz CT molecular complexity index is 1300. The summed E-state index contributed by atoms with van der Waals surface area (Å²) in [6, 6.07) is 1.22. The molecule has 3 aliphatic rings. The molecule has 1 aromatic heterocycles. The van der Waals surface area contributed by atoms with E-state index in [1.54, 1.807) is 6.07 Å². The van der Waals surface area contributed by atoms with Crippen LogP contribution < -0.4 is 16.0 Å². The fraction of sp³-hybridized carbons (Fsp3) is 0.586. The third-order valence-electron chi connectivity index (χ3n) is 8.52. The van der Waals surface area contributed by atoms with Crippen LogP contribution in [0.4, 0.5) is 28.0 Å². The molecule has 228 valence electrons. The fourth-order valence-corrected chi connectivity index (χ4v) is 6.16. The average Bonchev–Trinajstić information content (AvgIpc) is 3.61. The lowest BCUT2D eigenvalue weighted by Gasteiger charge is -2.28. The minimum Gasteiger partial charge on any atom is -0.339 e. The zero-order valence-electron chi connectivity index (χ0n) is 23.4. The first kappa shape index (κ1) is 29.8. The highest BCUT2D eigenvalue weighted by Crippen LogP contribution is 2.46. The second-order valence-electron chi connectivity index (χ2n) is 11.4. The highest BCUT2D eigenvalue weighted by Gasteiger charge is 2.51. The van der Waals surface area contributed by atoms with Gasteiger partial charge in [-0.25, -0.2) is 9.18 Å².